The first-order valence-electron chi connectivity index (χ1n) is 10.4. The standard InChI is InChI=1S/C21H31N7O/c22-19-20(27-10-6-25(7-11-27)14-15-29)23-17-24-21(19)28-12-8-26(9-13-28)16-18-4-2-1-3-5-18/h1-5,17,29H,6-16,22H2. The van der Waals surface area contributed by atoms with Crippen molar-refractivity contribution in [2.75, 3.05) is 81.0 Å². The molecule has 8 nitrogen and oxygen atoms in total. The number of β-amino-alcohol motifs (C(OH)–C–C–N with tert-alkyl or cyclic N) is 1. The average Bonchev–Trinajstić information content (AvgIpc) is 2.76. The highest BCUT2D eigenvalue weighted by Crippen LogP contribution is 2.30. The SMILES string of the molecule is Nc1c(N2CCN(CCO)CC2)ncnc1N1CCN(Cc2ccccc2)CC1. The van der Waals surface area contributed by atoms with Crippen molar-refractivity contribution in [2.24, 2.45) is 0 Å². The molecule has 0 unspecified atom stereocenters. The molecule has 2 aliphatic rings. The molecule has 0 saturated carbocycles. The summed E-state index contributed by atoms with van der Waals surface area (Å²) in [6.45, 7) is 9.29. The minimum Gasteiger partial charge on any atom is -0.395 e. The predicted molar refractivity (Wildman–Crippen MR) is 116 cm³/mol. The number of rotatable bonds is 6. The number of nitrogen functional groups attached to an aromatic ring is 1. The maximum atomic E-state index is 9.12. The fraction of sp³-hybridized carbons (Fsp3) is 0.524. The highest BCUT2D eigenvalue weighted by Gasteiger charge is 2.25. The molecule has 3 N–H and O–H groups in total. The van der Waals surface area contributed by atoms with Crippen molar-refractivity contribution in [2.45, 2.75) is 6.54 Å². The lowest BCUT2D eigenvalue weighted by Gasteiger charge is -2.38. The Morgan fingerprint density at radius 3 is 1.90 bits per heavy atom. The van der Waals surface area contributed by atoms with Crippen molar-refractivity contribution in [1.82, 2.24) is 19.8 Å². The summed E-state index contributed by atoms with van der Waals surface area (Å²) in [6, 6.07) is 10.6. The van der Waals surface area contributed by atoms with Crippen molar-refractivity contribution >= 4 is 17.3 Å². The number of nitrogens with zero attached hydrogens (tertiary/aromatic N) is 6. The van der Waals surface area contributed by atoms with Gasteiger partial charge in [-0.25, -0.2) is 9.97 Å². The Morgan fingerprint density at radius 2 is 1.34 bits per heavy atom. The molecule has 29 heavy (non-hydrogen) atoms. The molecule has 0 aliphatic carbocycles. The van der Waals surface area contributed by atoms with Crippen LogP contribution in [0.3, 0.4) is 0 Å². The van der Waals surface area contributed by atoms with Gasteiger partial charge in [0.2, 0.25) is 0 Å². The Bertz CT molecular complexity index is 772. The van der Waals surface area contributed by atoms with Gasteiger partial charge in [0.1, 0.15) is 12.0 Å². The molecule has 2 fully saturated rings. The number of hydrogen-bond donors (Lipinski definition) is 2. The number of nitrogens with two attached hydrogens (primary N) is 1. The zero-order valence-corrected chi connectivity index (χ0v) is 17.0. The van der Waals surface area contributed by atoms with Crippen molar-refractivity contribution in [1.29, 1.82) is 0 Å². The maximum Gasteiger partial charge on any atom is 0.157 e. The van der Waals surface area contributed by atoms with E-state index in [4.69, 9.17) is 10.8 Å². The first-order valence-corrected chi connectivity index (χ1v) is 10.4. The number of anilines is 3. The molecular formula is C21H31N7O. The molecule has 2 aromatic rings. The third-order valence-corrected chi connectivity index (χ3v) is 5.85. The molecule has 0 radical (unpaired) electrons. The lowest BCUT2D eigenvalue weighted by molar-refractivity contribution is 0.188. The Hall–Kier alpha value is -2.42. The lowest BCUT2D eigenvalue weighted by atomic mass is 10.2. The van der Waals surface area contributed by atoms with Crippen LogP contribution < -0.4 is 15.5 Å². The van der Waals surface area contributed by atoms with Crippen LogP contribution in [-0.4, -0.2) is 90.4 Å². The van der Waals surface area contributed by atoms with Gasteiger partial charge in [0.15, 0.2) is 11.6 Å². The van der Waals surface area contributed by atoms with Crippen LogP contribution in [0.25, 0.3) is 0 Å². The number of aromatic nitrogens is 2. The maximum absolute atomic E-state index is 9.12. The van der Waals surface area contributed by atoms with Crippen LogP contribution >= 0.6 is 0 Å². The van der Waals surface area contributed by atoms with Crippen molar-refractivity contribution in [3.63, 3.8) is 0 Å². The molecular weight excluding hydrogens is 366 g/mol. The Kier molecular flexibility index (Phi) is 6.43. The van der Waals surface area contributed by atoms with Crippen LogP contribution in [0.5, 0.6) is 0 Å². The molecule has 156 valence electrons. The zero-order chi connectivity index (χ0) is 20.1. The van der Waals surface area contributed by atoms with Crippen LogP contribution in [0.4, 0.5) is 17.3 Å². The topological polar surface area (TPSA) is 85.0 Å². The van der Waals surface area contributed by atoms with E-state index in [1.54, 1.807) is 6.33 Å². The van der Waals surface area contributed by atoms with E-state index in [1.807, 2.05) is 0 Å². The Balaban J connectivity index is 1.37. The molecule has 4 rings (SSSR count). The first-order chi connectivity index (χ1) is 14.2. The summed E-state index contributed by atoms with van der Waals surface area (Å²) in [5.74, 6) is 1.69. The molecule has 2 aliphatic heterocycles. The number of piperazine rings is 2. The fourth-order valence-corrected chi connectivity index (χ4v) is 4.17. The highest BCUT2D eigenvalue weighted by atomic mass is 16.3. The van der Waals surface area contributed by atoms with E-state index >= 15 is 0 Å². The molecule has 0 amide bonds. The predicted octanol–water partition coefficient (Wildman–Crippen LogP) is 0.495. The van der Waals surface area contributed by atoms with Crippen molar-refractivity contribution in [3.05, 3.63) is 42.2 Å². The van der Waals surface area contributed by atoms with Gasteiger partial charge in [0.25, 0.3) is 0 Å². The van der Waals surface area contributed by atoms with Crippen molar-refractivity contribution < 1.29 is 5.11 Å². The minimum absolute atomic E-state index is 0.204. The van der Waals surface area contributed by atoms with Gasteiger partial charge in [-0.3, -0.25) is 9.80 Å². The smallest absolute Gasteiger partial charge is 0.157 e. The van der Waals surface area contributed by atoms with Crippen LogP contribution in [0.1, 0.15) is 5.56 Å². The minimum atomic E-state index is 0.204. The summed E-state index contributed by atoms with van der Waals surface area (Å²) in [5.41, 5.74) is 8.55. The van der Waals surface area contributed by atoms with E-state index in [0.29, 0.717) is 5.69 Å². The molecule has 2 saturated heterocycles. The summed E-state index contributed by atoms with van der Waals surface area (Å²) in [7, 11) is 0. The van der Waals surface area contributed by atoms with Gasteiger partial charge in [-0.1, -0.05) is 30.3 Å². The molecule has 0 bridgehead atoms. The Labute approximate surface area is 172 Å². The summed E-state index contributed by atoms with van der Waals surface area (Å²) >= 11 is 0. The molecule has 1 aromatic carbocycles. The molecule has 0 atom stereocenters. The largest absolute Gasteiger partial charge is 0.395 e. The van der Waals surface area contributed by atoms with Gasteiger partial charge in [0.05, 0.1) is 6.61 Å². The van der Waals surface area contributed by atoms with Crippen LogP contribution in [0, 0.1) is 0 Å². The summed E-state index contributed by atoms with van der Waals surface area (Å²) < 4.78 is 0. The average molecular weight is 398 g/mol. The number of benzene rings is 1. The van der Waals surface area contributed by atoms with E-state index < -0.39 is 0 Å². The van der Waals surface area contributed by atoms with Gasteiger partial charge < -0.3 is 20.6 Å². The van der Waals surface area contributed by atoms with Gasteiger partial charge in [0, 0.05) is 65.4 Å². The van der Waals surface area contributed by atoms with Gasteiger partial charge in [-0.2, -0.15) is 0 Å². The van der Waals surface area contributed by atoms with Crippen molar-refractivity contribution in [3.8, 4) is 0 Å². The number of aliphatic hydroxyl groups is 1. The molecule has 8 heteroatoms. The monoisotopic (exact) mass is 397 g/mol. The van der Waals surface area contributed by atoms with Gasteiger partial charge in [-0.05, 0) is 5.56 Å². The fourth-order valence-electron chi connectivity index (χ4n) is 4.17. The number of hydrogen-bond acceptors (Lipinski definition) is 8. The van der Waals surface area contributed by atoms with E-state index in [0.717, 1.165) is 77.1 Å². The van der Waals surface area contributed by atoms with E-state index in [2.05, 4.69) is 59.9 Å². The number of aliphatic hydroxyl groups excluding tert-OH is 1. The second kappa shape index (κ2) is 9.39. The second-order valence-corrected chi connectivity index (χ2v) is 7.74. The Morgan fingerprint density at radius 1 is 0.793 bits per heavy atom. The van der Waals surface area contributed by atoms with Gasteiger partial charge in [-0.15, -0.1) is 0 Å². The quantitative estimate of drug-likeness (QED) is 0.729. The summed E-state index contributed by atoms with van der Waals surface area (Å²) in [4.78, 5) is 18.3. The molecule has 1 aromatic heterocycles. The van der Waals surface area contributed by atoms with E-state index in [1.165, 1.54) is 5.56 Å². The van der Waals surface area contributed by atoms with Crippen LogP contribution in [0.2, 0.25) is 0 Å². The van der Waals surface area contributed by atoms with E-state index in [-0.39, 0.29) is 6.61 Å². The zero-order valence-electron chi connectivity index (χ0n) is 17.0. The third-order valence-electron chi connectivity index (χ3n) is 5.85. The third kappa shape index (κ3) is 4.77. The summed E-state index contributed by atoms with van der Waals surface area (Å²) in [6.07, 6.45) is 1.64. The highest BCUT2D eigenvalue weighted by molar-refractivity contribution is 5.76. The van der Waals surface area contributed by atoms with E-state index in [9.17, 15) is 0 Å². The second-order valence-electron chi connectivity index (χ2n) is 7.74. The summed E-state index contributed by atoms with van der Waals surface area (Å²) in [5, 5.41) is 9.12. The molecule has 3 heterocycles. The van der Waals surface area contributed by atoms with Crippen LogP contribution in [-0.2, 0) is 6.54 Å². The molecule has 0 spiro atoms. The lowest BCUT2D eigenvalue weighted by Crippen LogP contribution is -2.48. The van der Waals surface area contributed by atoms with Crippen LogP contribution in [0.15, 0.2) is 36.7 Å². The normalized spacial score (nSPS) is 18.9. The van der Waals surface area contributed by atoms with Gasteiger partial charge >= 0.3 is 0 Å². The first kappa shape index (κ1) is 19.9.